The van der Waals surface area contributed by atoms with Gasteiger partial charge in [0.05, 0.1) is 31.8 Å². The SMILES string of the molecule is COc1cnc(C)cc1-c1nc(CC(N)=O)nn1Cc1ccc(F)cc1. The molecule has 3 rings (SSSR count). The summed E-state index contributed by atoms with van der Waals surface area (Å²) in [5, 5.41) is 4.38. The van der Waals surface area contributed by atoms with Crippen molar-refractivity contribution in [2.24, 2.45) is 5.73 Å². The van der Waals surface area contributed by atoms with Crippen molar-refractivity contribution >= 4 is 5.91 Å². The van der Waals surface area contributed by atoms with Crippen molar-refractivity contribution in [2.75, 3.05) is 7.11 Å². The van der Waals surface area contributed by atoms with E-state index in [1.54, 1.807) is 30.1 Å². The van der Waals surface area contributed by atoms with Crippen LogP contribution in [-0.2, 0) is 17.8 Å². The van der Waals surface area contributed by atoms with Crippen molar-refractivity contribution in [1.29, 1.82) is 0 Å². The molecule has 0 atom stereocenters. The van der Waals surface area contributed by atoms with E-state index in [2.05, 4.69) is 15.1 Å². The van der Waals surface area contributed by atoms with Gasteiger partial charge in [-0.1, -0.05) is 12.1 Å². The number of methoxy groups -OCH3 is 1. The number of rotatable bonds is 6. The fourth-order valence-electron chi connectivity index (χ4n) is 2.58. The molecule has 0 aliphatic heterocycles. The highest BCUT2D eigenvalue weighted by atomic mass is 19.1. The van der Waals surface area contributed by atoms with Crippen molar-refractivity contribution in [2.45, 2.75) is 19.9 Å². The van der Waals surface area contributed by atoms with E-state index in [-0.39, 0.29) is 12.2 Å². The quantitative estimate of drug-likeness (QED) is 0.728. The molecule has 3 aromatic rings. The minimum absolute atomic E-state index is 0.0736. The molecular formula is C18H18FN5O2. The fourth-order valence-corrected chi connectivity index (χ4v) is 2.58. The molecule has 0 bridgehead atoms. The van der Waals surface area contributed by atoms with E-state index in [1.807, 2.05) is 13.0 Å². The minimum Gasteiger partial charge on any atom is -0.494 e. The van der Waals surface area contributed by atoms with Crippen LogP contribution >= 0.6 is 0 Å². The van der Waals surface area contributed by atoms with Gasteiger partial charge in [0.1, 0.15) is 11.6 Å². The second-order valence-electron chi connectivity index (χ2n) is 5.80. The van der Waals surface area contributed by atoms with Gasteiger partial charge in [-0.05, 0) is 30.7 Å². The molecule has 0 aliphatic rings. The van der Waals surface area contributed by atoms with Crippen LogP contribution in [0.15, 0.2) is 36.5 Å². The number of carbonyl (C=O) groups excluding carboxylic acids is 1. The molecule has 134 valence electrons. The number of primary amides is 1. The van der Waals surface area contributed by atoms with Crippen molar-refractivity contribution in [3.05, 3.63) is 59.4 Å². The van der Waals surface area contributed by atoms with Gasteiger partial charge >= 0.3 is 0 Å². The Morgan fingerprint density at radius 3 is 2.69 bits per heavy atom. The molecule has 1 amide bonds. The van der Waals surface area contributed by atoms with Crippen LogP contribution in [0.1, 0.15) is 17.1 Å². The maximum Gasteiger partial charge on any atom is 0.225 e. The van der Waals surface area contributed by atoms with Gasteiger partial charge in [-0.25, -0.2) is 14.1 Å². The van der Waals surface area contributed by atoms with Crippen LogP contribution in [0.4, 0.5) is 4.39 Å². The first kappa shape index (κ1) is 17.5. The molecule has 1 aromatic carbocycles. The zero-order chi connectivity index (χ0) is 18.7. The Balaban J connectivity index is 2.07. The number of aromatic nitrogens is 4. The Morgan fingerprint density at radius 1 is 1.31 bits per heavy atom. The molecule has 2 heterocycles. The number of hydrogen-bond acceptors (Lipinski definition) is 5. The Kier molecular flexibility index (Phi) is 4.92. The lowest BCUT2D eigenvalue weighted by Gasteiger charge is -2.10. The van der Waals surface area contributed by atoms with Gasteiger partial charge < -0.3 is 10.5 Å². The molecule has 0 radical (unpaired) electrons. The van der Waals surface area contributed by atoms with Gasteiger partial charge in [0, 0.05) is 5.69 Å². The molecule has 0 spiro atoms. The predicted octanol–water partition coefficient (Wildman–Crippen LogP) is 1.87. The summed E-state index contributed by atoms with van der Waals surface area (Å²) >= 11 is 0. The van der Waals surface area contributed by atoms with Crippen molar-refractivity contribution in [1.82, 2.24) is 19.7 Å². The minimum atomic E-state index is -0.520. The smallest absolute Gasteiger partial charge is 0.225 e. The topological polar surface area (TPSA) is 95.9 Å². The molecule has 2 aromatic heterocycles. The van der Waals surface area contributed by atoms with Crippen LogP contribution in [-0.4, -0.2) is 32.8 Å². The molecule has 0 saturated heterocycles. The lowest BCUT2D eigenvalue weighted by atomic mass is 10.2. The van der Waals surface area contributed by atoms with Crippen LogP contribution in [0.5, 0.6) is 5.75 Å². The summed E-state index contributed by atoms with van der Waals surface area (Å²) in [5.41, 5.74) is 7.59. The van der Waals surface area contributed by atoms with Gasteiger partial charge in [-0.2, -0.15) is 5.10 Å². The van der Waals surface area contributed by atoms with E-state index < -0.39 is 5.91 Å². The molecule has 0 saturated carbocycles. The van der Waals surface area contributed by atoms with E-state index in [0.717, 1.165) is 11.3 Å². The predicted molar refractivity (Wildman–Crippen MR) is 92.9 cm³/mol. The van der Waals surface area contributed by atoms with Crippen LogP contribution in [0.25, 0.3) is 11.4 Å². The van der Waals surface area contributed by atoms with Crippen molar-refractivity contribution < 1.29 is 13.9 Å². The standard InChI is InChI=1S/C18H18FN5O2/c1-11-7-14(15(26-2)9-21-11)18-22-17(8-16(20)25)23-24(18)10-12-3-5-13(19)6-4-12/h3-7,9H,8,10H2,1-2H3,(H2,20,25). The number of hydrogen-bond donors (Lipinski definition) is 1. The molecule has 0 unspecified atom stereocenters. The van der Waals surface area contributed by atoms with Gasteiger partial charge in [-0.3, -0.25) is 9.78 Å². The molecule has 26 heavy (non-hydrogen) atoms. The first-order valence-corrected chi connectivity index (χ1v) is 7.93. The largest absolute Gasteiger partial charge is 0.494 e. The van der Waals surface area contributed by atoms with Gasteiger partial charge in [-0.15, -0.1) is 0 Å². The Labute approximate surface area is 149 Å². The molecular weight excluding hydrogens is 337 g/mol. The third-order valence-electron chi connectivity index (χ3n) is 3.76. The molecule has 0 fully saturated rings. The van der Waals surface area contributed by atoms with E-state index in [9.17, 15) is 9.18 Å². The zero-order valence-corrected chi connectivity index (χ0v) is 14.4. The summed E-state index contributed by atoms with van der Waals surface area (Å²) in [6, 6.07) is 7.94. The average molecular weight is 355 g/mol. The maximum atomic E-state index is 13.2. The number of carbonyl (C=O) groups is 1. The van der Waals surface area contributed by atoms with E-state index in [0.29, 0.717) is 29.5 Å². The average Bonchev–Trinajstić information content (AvgIpc) is 2.98. The summed E-state index contributed by atoms with van der Waals surface area (Å²) in [6.45, 7) is 2.21. The summed E-state index contributed by atoms with van der Waals surface area (Å²) < 4.78 is 20.2. The number of nitrogens with zero attached hydrogens (tertiary/aromatic N) is 4. The van der Waals surface area contributed by atoms with Crippen molar-refractivity contribution in [3.63, 3.8) is 0 Å². The monoisotopic (exact) mass is 355 g/mol. The highest BCUT2D eigenvalue weighted by Crippen LogP contribution is 2.29. The lowest BCUT2D eigenvalue weighted by Crippen LogP contribution is -2.15. The van der Waals surface area contributed by atoms with E-state index in [1.165, 1.54) is 12.1 Å². The number of amides is 1. The highest BCUT2D eigenvalue weighted by molar-refractivity contribution is 5.76. The molecule has 2 N–H and O–H groups in total. The number of nitrogens with two attached hydrogens (primary N) is 1. The maximum absolute atomic E-state index is 13.2. The van der Waals surface area contributed by atoms with Gasteiger partial charge in [0.2, 0.25) is 5.91 Å². The molecule has 0 aliphatic carbocycles. The summed E-state index contributed by atoms with van der Waals surface area (Å²) in [7, 11) is 1.54. The highest BCUT2D eigenvalue weighted by Gasteiger charge is 2.18. The third kappa shape index (κ3) is 3.85. The molecule has 8 heteroatoms. The van der Waals surface area contributed by atoms with Crippen LogP contribution in [0, 0.1) is 12.7 Å². The first-order chi connectivity index (χ1) is 12.5. The van der Waals surface area contributed by atoms with Crippen molar-refractivity contribution in [3.8, 4) is 17.1 Å². The number of ether oxygens (including phenoxy) is 1. The molecule has 7 nitrogen and oxygen atoms in total. The fraction of sp³-hybridized carbons (Fsp3) is 0.222. The van der Waals surface area contributed by atoms with E-state index in [4.69, 9.17) is 10.5 Å². The third-order valence-corrected chi connectivity index (χ3v) is 3.76. The normalized spacial score (nSPS) is 10.7. The number of halogens is 1. The number of pyridine rings is 1. The second-order valence-corrected chi connectivity index (χ2v) is 5.80. The Hall–Kier alpha value is -3.29. The first-order valence-electron chi connectivity index (χ1n) is 7.93. The van der Waals surface area contributed by atoms with Gasteiger partial charge in [0.25, 0.3) is 0 Å². The summed E-state index contributed by atoms with van der Waals surface area (Å²) in [6.07, 6.45) is 1.53. The van der Waals surface area contributed by atoms with Crippen LogP contribution in [0.2, 0.25) is 0 Å². The van der Waals surface area contributed by atoms with Gasteiger partial charge in [0.15, 0.2) is 11.6 Å². The number of benzene rings is 1. The second kappa shape index (κ2) is 7.30. The summed E-state index contributed by atoms with van der Waals surface area (Å²) in [4.78, 5) is 19.9. The number of aryl methyl sites for hydroxylation is 1. The van der Waals surface area contributed by atoms with Crippen LogP contribution < -0.4 is 10.5 Å². The Bertz CT molecular complexity index is 937. The Morgan fingerprint density at radius 2 is 2.04 bits per heavy atom. The zero-order valence-electron chi connectivity index (χ0n) is 14.4. The lowest BCUT2D eigenvalue weighted by molar-refractivity contribution is -0.117. The van der Waals surface area contributed by atoms with E-state index >= 15 is 0 Å². The van der Waals surface area contributed by atoms with Crippen LogP contribution in [0.3, 0.4) is 0 Å². The summed E-state index contributed by atoms with van der Waals surface area (Å²) in [5.74, 6) is 0.537.